The number of benzene rings is 1. The molecule has 0 saturated heterocycles. The van der Waals surface area contributed by atoms with Crippen molar-refractivity contribution in [2.45, 2.75) is 27.7 Å². The van der Waals surface area contributed by atoms with Crippen LogP contribution in [0.15, 0.2) is 0 Å². The highest BCUT2D eigenvalue weighted by Crippen LogP contribution is 2.33. The first-order valence-corrected chi connectivity index (χ1v) is 9.22. The van der Waals surface area contributed by atoms with E-state index < -0.39 is 29.6 Å². The molecule has 0 fully saturated rings. The maximum absolute atomic E-state index is 13.1. The van der Waals surface area contributed by atoms with E-state index in [0.29, 0.717) is 16.7 Å². The molecule has 0 aromatic heterocycles. The zero-order valence-electron chi connectivity index (χ0n) is 16.8. The van der Waals surface area contributed by atoms with E-state index in [1.54, 1.807) is 20.8 Å². The third kappa shape index (κ3) is 5.99. The average Bonchev–Trinajstić information content (AvgIpc) is 2.62. The summed E-state index contributed by atoms with van der Waals surface area (Å²) in [6.07, 6.45) is 0. The first-order chi connectivity index (χ1) is 13.6. The van der Waals surface area contributed by atoms with Crippen molar-refractivity contribution < 1.29 is 34.1 Å². The second kappa shape index (κ2) is 10.9. The van der Waals surface area contributed by atoms with Gasteiger partial charge in [0.1, 0.15) is 0 Å². The highest BCUT2D eigenvalue weighted by atomic mass is 35.5. The molecule has 0 aliphatic carbocycles. The van der Waals surface area contributed by atoms with Crippen molar-refractivity contribution in [1.82, 2.24) is 4.90 Å². The van der Waals surface area contributed by atoms with Crippen LogP contribution in [-0.4, -0.2) is 71.0 Å². The lowest BCUT2D eigenvalue weighted by Crippen LogP contribution is -2.37. The third-order valence-electron chi connectivity index (χ3n) is 4.36. The summed E-state index contributed by atoms with van der Waals surface area (Å²) >= 11 is 5.73. The van der Waals surface area contributed by atoms with Gasteiger partial charge in [0, 0.05) is 36.8 Å². The molecule has 0 unspecified atom stereocenters. The number of amides is 2. The fourth-order valence-electron chi connectivity index (χ4n) is 3.08. The number of aliphatic hydroxyl groups is 2. The van der Waals surface area contributed by atoms with E-state index in [4.69, 9.17) is 11.6 Å². The first kappa shape index (κ1) is 24.5. The Morgan fingerprint density at radius 1 is 0.966 bits per heavy atom. The lowest BCUT2D eigenvalue weighted by atomic mass is 9.90. The van der Waals surface area contributed by atoms with Crippen molar-refractivity contribution in [2.75, 3.05) is 38.2 Å². The molecular weight excluding hydrogens is 404 g/mol. The highest BCUT2D eigenvalue weighted by Gasteiger charge is 2.27. The number of rotatable bonds is 9. The molecule has 2 amide bonds. The number of aliphatic hydroxyl groups excluding tert-OH is 2. The van der Waals surface area contributed by atoms with Crippen LogP contribution in [0.1, 0.15) is 44.3 Å². The standard InChI is InChI=1S/C19H25ClN2O7/c1-10-15(18(20)27)11(2)17(21-14(26)9-29-13(4)25)12(3)16(10)19(28)22(5-7-23)6-8-24/h23-24H,5-9H2,1-4H3,(H,21,26). The quantitative estimate of drug-likeness (QED) is 0.393. The summed E-state index contributed by atoms with van der Waals surface area (Å²) in [6, 6.07) is 0. The molecule has 0 bridgehead atoms. The fourth-order valence-corrected chi connectivity index (χ4v) is 3.36. The summed E-state index contributed by atoms with van der Waals surface area (Å²) < 4.78 is 4.66. The van der Waals surface area contributed by atoms with E-state index in [1.807, 2.05) is 0 Å². The average molecular weight is 429 g/mol. The van der Waals surface area contributed by atoms with Gasteiger partial charge >= 0.3 is 5.97 Å². The van der Waals surface area contributed by atoms with Crippen LogP contribution in [0.5, 0.6) is 0 Å². The maximum atomic E-state index is 13.1. The van der Waals surface area contributed by atoms with Crippen LogP contribution in [0, 0.1) is 20.8 Å². The Morgan fingerprint density at radius 3 is 1.93 bits per heavy atom. The largest absolute Gasteiger partial charge is 0.456 e. The Bertz CT molecular complexity index is 818. The van der Waals surface area contributed by atoms with Gasteiger partial charge in [-0.1, -0.05) is 0 Å². The zero-order chi connectivity index (χ0) is 22.3. The van der Waals surface area contributed by atoms with Gasteiger partial charge in [0.25, 0.3) is 17.1 Å². The predicted molar refractivity (Wildman–Crippen MR) is 106 cm³/mol. The second-order valence-corrected chi connectivity index (χ2v) is 6.68. The number of carbonyl (C=O) groups is 4. The minimum absolute atomic E-state index is 0.0234. The number of anilines is 1. The highest BCUT2D eigenvalue weighted by molar-refractivity contribution is 6.68. The van der Waals surface area contributed by atoms with Gasteiger partial charge in [-0.2, -0.15) is 0 Å². The van der Waals surface area contributed by atoms with E-state index in [2.05, 4.69) is 10.1 Å². The van der Waals surface area contributed by atoms with Gasteiger partial charge in [-0.3, -0.25) is 19.2 Å². The van der Waals surface area contributed by atoms with E-state index in [-0.39, 0.29) is 43.1 Å². The molecule has 3 N–H and O–H groups in total. The summed E-state index contributed by atoms with van der Waals surface area (Å²) in [5.41, 5.74) is 1.46. The molecular formula is C19H25ClN2O7. The number of hydrogen-bond donors (Lipinski definition) is 3. The van der Waals surface area contributed by atoms with Crippen LogP contribution >= 0.6 is 11.6 Å². The van der Waals surface area contributed by atoms with Crippen LogP contribution in [0.4, 0.5) is 5.69 Å². The molecule has 0 saturated carbocycles. The van der Waals surface area contributed by atoms with Crippen LogP contribution in [0.2, 0.25) is 0 Å². The minimum Gasteiger partial charge on any atom is -0.456 e. The molecule has 0 aliphatic rings. The minimum atomic E-state index is -0.805. The molecule has 0 aliphatic heterocycles. The van der Waals surface area contributed by atoms with Crippen molar-refractivity contribution in [3.63, 3.8) is 0 Å². The second-order valence-electron chi connectivity index (χ2n) is 6.34. The smallest absolute Gasteiger partial charge is 0.303 e. The molecule has 160 valence electrons. The molecule has 9 nitrogen and oxygen atoms in total. The van der Waals surface area contributed by atoms with Gasteiger partial charge < -0.3 is 25.2 Å². The number of nitrogens with one attached hydrogen (secondary N) is 1. The molecule has 0 heterocycles. The van der Waals surface area contributed by atoms with Crippen LogP contribution in [-0.2, 0) is 14.3 Å². The molecule has 10 heteroatoms. The van der Waals surface area contributed by atoms with Crippen LogP contribution in [0.3, 0.4) is 0 Å². The van der Waals surface area contributed by atoms with Crippen molar-refractivity contribution >= 4 is 40.3 Å². The van der Waals surface area contributed by atoms with E-state index in [1.165, 1.54) is 4.90 Å². The SMILES string of the molecule is CC(=O)OCC(=O)Nc1c(C)c(C(=O)Cl)c(C)c(C(=O)N(CCO)CCO)c1C. The Labute approximate surface area is 173 Å². The topological polar surface area (TPSA) is 133 Å². The number of carbonyl (C=O) groups excluding carboxylic acids is 4. The zero-order valence-corrected chi connectivity index (χ0v) is 17.6. The van der Waals surface area contributed by atoms with Gasteiger partial charge in [0.2, 0.25) is 0 Å². The third-order valence-corrected chi connectivity index (χ3v) is 4.55. The summed E-state index contributed by atoms with van der Waals surface area (Å²) in [7, 11) is 0. The molecule has 1 rings (SSSR count). The van der Waals surface area contributed by atoms with E-state index in [9.17, 15) is 29.4 Å². The van der Waals surface area contributed by atoms with Gasteiger partial charge in [0.05, 0.1) is 13.2 Å². The van der Waals surface area contributed by atoms with Crippen LogP contribution in [0.25, 0.3) is 0 Å². The number of nitrogens with zero attached hydrogens (tertiary/aromatic N) is 1. The molecule has 29 heavy (non-hydrogen) atoms. The molecule has 0 spiro atoms. The van der Waals surface area contributed by atoms with Gasteiger partial charge in [-0.05, 0) is 49.1 Å². The molecule has 1 aromatic carbocycles. The van der Waals surface area contributed by atoms with E-state index >= 15 is 0 Å². The Balaban J connectivity index is 3.55. The van der Waals surface area contributed by atoms with Crippen molar-refractivity contribution in [3.05, 3.63) is 27.8 Å². The van der Waals surface area contributed by atoms with Crippen molar-refractivity contribution in [3.8, 4) is 0 Å². The van der Waals surface area contributed by atoms with Crippen LogP contribution < -0.4 is 5.32 Å². The lowest BCUT2D eigenvalue weighted by Gasteiger charge is -2.26. The number of hydrogen-bond acceptors (Lipinski definition) is 7. The van der Waals surface area contributed by atoms with E-state index in [0.717, 1.165) is 6.92 Å². The molecule has 0 atom stereocenters. The van der Waals surface area contributed by atoms with Gasteiger partial charge in [-0.25, -0.2) is 0 Å². The summed E-state index contributed by atoms with van der Waals surface area (Å²) in [6.45, 7) is 4.67. The molecule has 1 aromatic rings. The first-order valence-electron chi connectivity index (χ1n) is 8.84. The Morgan fingerprint density at radius 2 is 1.48 bits per heavy atom. The maximum Gasteiger partial charge on any atom is 0.303 e. The predicted octanol–water partition coefficient (Wildman–Crippen LogP) is 0.919. The summed E-state index contributed by atoms with van der Waals surface area (Å²) in [4.78, 5) is 49.4. The van der Waals surface area contributed by atoms with Crippen molar-refractivity contribution in [2.24, 2.45) is 0 Å². The molecule has 0 radical (unpaired) electrons. The Hall–Kier alpha value is -2.49. The van der Waals surface area contributed by atoms with Gasteiger partial charge in [0.15, 0.2) is 6.61 Å². The summed E-state index contributed by atoms with van der Waals surface area (Å²) in [5.74, 6) is -1.81. The monoisotopic (exact) mass is 428 g/mol. The van der Waals surface area contributed by atoms with Gasteiger partial charge in [-0.15, -0.1) is 0 Å². The summed E-state index contributed by atoms with van der Waals surface area (Å²) in [5, 5.41) is 20.2. The normalized spacial score (nSPS) is 10.4. The number of halogens is 1. The number of ether oxygens (including phenoxy) is 1. The fraction of sp³-hybridized carbons (Fsp3) is 0.474. The van der Waals surface area contributed by atoms with Crippen molar-refractivity contribution in [1.29, 1.82) is 0 Å². The lowest BCUT2D eigenvalue weighted by molar-refractivity contribution is -0.144. The number of esters is 1. The Kier molecular flexibility index (Phi) is 9.22.